The van der Waals surface area contributed by atoms with Crippen LogP contribution in [0.15, 0.2) is 53.4 Å². The van der Waals surface area contributed by atoms with Gasteiger partial charge < -0.3 is 30.5 Å². The molecule has 0 unspecified atom stereocenters. The summed E-state index contributed by atoms with van der Waals surface area (Å²) in [7, 11) is 1.72. The van der Waals surface area contributed by atoms with Gasteiger partial charge in [-0.1, -0.05) is 24.2 Å². The van der Waals surface area contributed by atoms with E-state index in [1.54, 1.807) is 7.11 Å². The van der Waals surface area contributed by atoms with Gasteiger partial charge in [0.15, 0.2) is 5.82 Å². The minimum absolute atomic E-state index is 0.182. The highest BCUT2D eigenvalue weighted by Crippen LogP contribution is 2.29. The van der Waals surface area contributed by atoms with E-state index in [-0.39, 0.29) is 17.9 Å². The number of hydrogen-bond donors (Lipinski definition) is 3. The second-order valence-electron chi connectivity index (χ2n) is 9.44. The molecular weight excluding hydrogens is 498 g/mol. The van der Waals surface area contributed by atoms with E-state index in [0.29, 0.717) is 24.1 Å². The van der Waals surface area contributed by atoms with Crippen LogP contribution in [0, 0.1) is 6.92 Å². The fourth-order valence-electron chi connectivity index (χ4n) is 4.76. The summed E-state index contributed by atoms with van der Waals surface area (Å²) in [6, 6.07) is 12.2. The Morgan fingerprint density at radius 3 is 2.82 bits per heavy atom. The van der Waals surface area contributed by atoms with E-state index in [2.05, 4.69) is 46.7 Å². The van der Waals surface area contributed by atoms with Gasteiger partial charge in [-0.3, -0.25) is 4.79 Å². The molecule has 4 heterocycles. The molecule has 1 fully saturated rings. The van der Waals surface area contributed by atoms with Gasteiger partial charge in [0.1, 0.15) is 18.0 Å². The zero-order chi connectivity index (χ0) is 27.4. The molecular formula is C27H31N9O3. The predicted molar refractivity (Wildman–Crippen MR) is 146 cm³/mol. The van der Waals surface area contributed by atoms with Gasteiger partial charge in [-0.25, -0.2) is 15.0 Å². The molecule has 1 aliphatic rings. The minimum Gasteiger partial charge on any atom is -0.383 e. The van der Waals surface area contributed by atoms with Crippen LogP contribution in [0.4, 0.5) is 17.3 Å². The summed E-state index contributed by atoms with van der Waals surface area (Å²) in [5, 5.41) is 10.6. The molecule has 1 amide bonds. The molecule has 1 aromatic carbocycles. The first-order chi connectivity index (χ1) is 18.9. The van der Waals surface area contributed by atoms with E-state index in [0.717, 1.165) is 47.7 Å². The Bertz CT molecular complexity index is 1440. The maximum atomic E-state index is 11.3. The van der Waals surface area contributed by atoms with Crippen LogP contribution in [0.2, 0.25) is 0 Å². The van der Waals surface area contributed by atoms with Gasteiger partial charge in [-0.2, -0.15) is 4.98 Å². The van der Waals surface area contributed by atoms with Crippen molar-refractivity contribution in [1.82, 2.24) is 30.4 Å². The molecule has 4 N–H and O–H groups in total. The predicted octanol–water partition coefficient (Wildman–Crippen LogP) is 2.65. The Kier molecular flexibility index (Phi) is 7.75. The Labute approximate surface area is 226 Å². The van der Waals surface area contributed by atoms with Crippen molar-refractivity contribution in [3.63, 3.8) is 0 Å². The van der Waals surface area contributed by atoms with E-state index >= 15 is 0 Å². The Hall–Kier alpha value is -4.42. The molecule has 39 heavy (non-hydrogen) atoms. The van der Waals surface area contributed by atoms with Crippen LogP contribution >= 0.6 is 0 Å². The second-order valence-corrected chi connectivity index (χ2v) is 9.44. The van der Waals surface area contributed by atoms with Crippen molar-refractivity contribution < 1.29 is 14.1 Å². The third-order valence-electron chi connectivity index (χ3n) is 6.78. The third kappa shape index (κ3) is 5.86. The van der Waals surface area contributed by atoms with Crippen molar-refractivity contribution in [3.05, 3.63) is 71.8 Å². The zero-order valence-electron chi connectivity index (χ0n) is 22.1. The molecule has 3 aromatic heterocycles. The molecule has 0 spiro atoms. The first kappa shape index (κ1) is 26.2. The van der Waals surface area contributed by atoms with Gasteiger partial charge in [0, 0.05) is 44.3 Å². The number of carbonyl (C=O) groups excluding carboxylic acids is 1. The molecule has 0 saturated carbocycles. The number of hydrogen-bond acceptors (Lipinski definition) is 11. The lowest BCUT2D eigenvalue weighted by molar-refractivity contribution is 0.0958. The van der Waals surface area contributed by atoms with Crippen molar-refractivity contribution in [3.8, 4) is 11.3 Å². The van der Waals surface area contributed by atoms with E-state index in [4.69, 9.17) is 15.0 Å². The van der Waals surface area contributed by atoms with Crippen LogP contribution in [0.25, 0.3) is 11.3 Å². The lowest BCUT2D eigenvalue weighted by Gasteiger charge is -2.37. The second kappa shape index (κ2) is 11.5. The van der Waals surface area contributed by atoms with Crippen LogP contribution in [0.5, 0.6) is 0 Å². The Morgan fingerprint density at radius 1 is 1.23 bits per heavy atom. The summed E-state index contributed by atoms with van der Waals surface area (Å²) in [5.74, 6) is 0.604. The first-order valence-corrected chi connectivity index (χ1v) is 12.7. The highest BCUT2D eigenvalue weighted by Gasteiger charge is 2.23. The number of benzene rings is 1. The van der Waals surface area contributed by atoms with Crippen LogP contribution < -0.4 is 21.3 Å². The van der Waals surface area contributed by atoms with Gasteiger partial charge in [0.05, 0.1) is 30.2 Å². The van der Waals surface area contributed by atoms with Gasteiger partial charge in [-0.05, 0) is 36.2 Å². The summed E-state index contributed by atoms with van der Waals surface area (Å²) < 4.78 is 10.3. The van der Waals surface area contributed by atoms with Crippen LogP contribution in [0.3, 0.4) is 0 Å². The number of rotatable bonds is 9. The largest absolute Gasteiger partial charge is 0.383 e. The maximum Gasteiger partial charge on any atom is 0.315 e. The number of ether oxygens (including phenoxy) is 1. The smallest absolute Gasteiger partial charge is 0.315 e. The summed E-state index contributed by atoms with van der Waals surface area (Å²) in [4.78, 5) is 31.2. The van der Waals surface area contributed by atoms with Gasteiger partial charge >= 0.3 is 11.8 Å². The molecule has 0 aliphatic carbocycles. The average Bonchev–Trinajstić information content (AvgIpc) is 3.45. The van der Waals surface area contributed by atoms with Gasteiger partial charge in [-0.15, -0.1) is 0 Å². The number of pyridine rings is 1. The third-order valence-corrected chi connectivity index (χ3v) is 6.78. The molecule has 2 atom stereocenters. The highest BCUT2D eigenvalue weighted by atomic mass is 16.5. The Morgan fingerprint density at radius 2 is 2.10 bits per heavy atom. The first-order valence-electron chi connectivity index (χ1n) is 12.7. The number of aryl methyl sites for hydroxylation is 1. The van der Waals surface area contributed by atoms with Gasteiger partial charge in [0.2, 0.25) is 0 Å². The van der Waals surface area contributed by atoms with Crippen molar-refractivity contribution in [2.45, 2.75) is 25.8 Å². The fraction of sp³-hybridized carbons (Fsp3) is 0.333. The van der Waals surface area contributed by atoms with Crippen LogP contribution in [-0.2, 0) is 4.74 Å². The quantitative estimate of drug-likeness (QED) is 0.293. The van der Waals surface area contributed by atoms with E-state index in [9.17, 15) is 4.79 Å². The summed E-state index contributed by atoms with van der Waals surface area (Å²) in [5.41, 5.74) is 10.0. The molecule has 1 saturated heterocycles. The molecule has 0 radical (unpaired) electrons. The van der Waals surface area contributed by atoms with E-state index < -0.39 is 5.91 Å². The average molecular weight is 530 g/mol. The normalized spacial score (nSPS) is 16.2. The summed E-state index contributed by atoms with van der Waals surface area (Å²) in [6.45, 7) is 7.32. The number of anilines is 3. The monoisotopic (exact) mass is 529 g/mol. The lowest BCUT2D eigenvalue weighted by atomic mass is 9.93. The number of nitrogens with zero attached hydrogens (tertiary/aromatic N) is 6. The zero-order valence-corrected chi connectivity index (χ0v) is 22.1. The number of amides is 1. The topological polar surface area (TPSA) is 157 Å². The molecule has 5 rings (SSSR count). The minimum atomic E-state index is -0.748. The van der Waals surface area contributed by atoms with Crippen LogP contribution in [0.1, 0.15) is 40.5 Å². The van der Waals surface area contributed by atoms with Crippen molar-refractivity contribution in [1.29, 1.82) is 0 Å². The number of carbonyl (C=O) groups is 1. The fourth-order valence-corrected chi connectivity index (χ4v) is 4.76. The molecule has 0 bridgehead atoms. The molecule has 4 aromatic rings. The number of primary amides is 1. The van der Waals surface area contributed by atoms with Crippen LogP contribution in [-0.4, -0.2) is 70.4 Å². The lowest BCUT2D eigenvalue weighted by Crippen LogP contribution is -2.53. The molecule has 12 nitrogen and oxygen atoms in total. The van der Waals surface area contributed by atoms with E-state index in [1.807, 2.05) is 50.4 Å². The number of piperazine rings is 1. The van der Waals surface area contributed by atoms with Crippen molar-refractivity contribution >= 4 is 23.2 Å². The number of nitrogens with two attached hydrogens (primary N) is 1. The van der Waals surface area contributed by atoms with E-state index in [1.165, 1.54) is 6.33 Å². The number of nitrogens with one attached hydrogen (secondary N) is 2. The molecule has 12 heteroatoms. The van der Waals surface area contributed by atoms with Crippen molar-refractivity contribution in [2.24, 2.45) is 5.73 Å². The number of aromatic nitrogens is 5. The Balaban J connectivity index is 1.29. The summed E-state index contributed by atoms with van der Waals surface area (Å²) in [6.07, 6.45) is 3.40. The SMILES string of the molecule is COC[C@H]1CNCCN1c1ccc(Nc2cc(-c3ccc([C@@H](C)c4noc(C(N)=O)n4)c(C)c3)ncn2)nc1. The highest BCUT2D eigenvalue weighted by molar-refractivity contribution is 5.87. The number of methoxy groups -OCH3 is 1. The molecule has 202 valence electrons. The van der Waals surface area contributed by atoms with Gasteiger partial charge in [0.25, 0.3) is 0 Å². The maximum absolute atomic E-state index is 11.3. The molecule has 1 aliphatic heterocycles. The summed E-state index contributed by atoms with van der Waals surface area (Å²) >= 11 is 0. The van der Waals surface area contributed by atoms with Crippen molar-refractivity contribution in [2.75, 3.05) is 43.6 Å². The standard InChI is InChI=1S/C27H31N9O3/c1-16-10-18(4-6-21(16)17(2)26-34-27(25(28)37)39-35-26)22-11-24(32-15-31-22)33-23-7-5-19(13-30-23)36-9-8-29-12-20(36)14-38-3/h4-7,10-11,13,15,17,20,29H,8-9,12,14H2,1-3H3,(H2,28,37)(H,30,31,32,33)/t17-,20-/m1/s1.